The van der Waals surface area contributed by atoms with Crippen LogP contribution < -0.4 is 5.32 Å². The smallest absolute Gasteiger partial charge is 0.329 e. The third-order valence-electron chi connectivity index (χ3n) is 3.10. The van der Waals surface area contributed by atoms with Gasteiger partial charge in [0.2, 0.25) is 5.82 Å². The van der Waals surface area contributed by atoms with Crippen molar-refractivity contribution in [3.63, 3.8) is 0 Å². The average molecular weight is 238 g/mol. The van der Waals surface area contributed by atoms with Gasteiger partial charge in [-0.25, -0.2) is 9.78 Å². The molecule has 1 aromatic heterocycles. The predicted molar refractivity (Wildman–Crippen MR) is 57.3 cm³/mol. The maximum atomic E-state index is 11.8. The van der Waals surface area contributed by atoms with E-state index in [1.807, 2.05) is 0 Å². The molecule has 0 aliphatic heterocycles. The molecule has 7 nitrogen and oxygen atoms in total. The molecule has 3 N–H and O–H groups in total. The molecular weight excluding hydrogens is 224 g/mol. The number of aliphatic carboxylic acids is 1. The van der Waals surface area contributed by atoms with Gasteiger partial charge in [-0.05, 0) is 12.8 Å². The molecule has 1 heterocycles. The molecule has 1 aromatic rings. The molecule has 2 rings (SSSR count). The number of hydrogen-bond acceptors (Lipinski definition) is 4. The van der Waals surface area contributed by atoms with E-state index in [1.165, 1.54) is 6.33 Å². The van der Waals surface area contributed by atoms with Crippen LogP contribution in [0.3, 0.4) is 0 Å². The van der Waals surface area contributed by atoms with Crippen molar-refractivity contribution in [1.29, 1.82) is 0 Å². The van der Waals surface area contributed by atoms with E-state index in [1.54, 1.807) is 0 Å². The highest BCUT2D eigenvalue weighted by molar-refractivity contribution is 5.95. The second-order valence-corrected chi connectivity index (χ2v) is 4.24. The summed E-state index contributed by atoms with van der Waals surface area (Å²) in [6, 6.07) is 0. The van der Waals surface area contributed by atoms with Gasteiger partial charge in [0.1, 0.15) is 11.9 Å². The Hall–Kier alpha value is -1.92. The van der Waals surface area contributed by atoms with Gasteiger partial charge in [0, 0.05) is 0 Å². The van der Waals surface area contributed by atoms with Gasteiger partial charge in [0.05, 0.1) is 0 Å². The highest BCUT2D eigenvalue weighted by Gasteiger charge is 2.41. The Balaban J connectivity index is 2.13. The SMILES string of the molecule is O=C(NC1(C(=O)O)CCCCC1)c1ncn[nH]1. The maximum absolute atomic E-state index is 11.8. The van der Waals surface area contributed by atoms with Crippen molar-refractivity contribution in [1.82, 2.24) is 20.5 Å². The molecule has 0 spiro atoms. The fourth-order valence-electron chi connectivity index (χ4n) is 2.14. The summed E-state index contributed by atoms with van der Waals surface area (Å²) in [7, 11) is 0. The third kappa shape index (κ3) is 2.27. The van der Waals surface area contributed by atoms with Crippen LogP contribution in [-0.4, -0.2) is 37.7 Å². The van der Waals surface area contributed by atoms with Crippen LogP contribution in [0, 0.1) is 0 Å². The topological polar surface area (TPSA) is 108 Å². The molecule has 7 heteroatoms. The van der Waals surface area contributed by atoms with E-state index >= 15 is 0 Å². The van der Waals surface area contributed by atoms with Crippen molar-refractivity contribution in [2.45, 2.75) is 37.6 Å². The van der Waals surface area contributed by atoms with Gasteiger partial charge in [0.15, 0.2) is 0 Å². The number of aromatic nitrogens is 3. The monoisotopic (exact) mass is 238 g/mol. The number of amides is 1. The van der Waals surface area contributed by atoms with Crippen molar-refractivity contribution < 1.29 is 14.7 Å². The van der Waals surface area contributed by atoms with Crippen LogP contribution in [0.5, 0.6) is 0 Å². The highest BCUT2D eigenvalue weighted by Crippen LogP contribution is 2.28. The summed E-state index contributed by atoms with van der Waals surface area (Å²) < 4.78 is 0. The molecule has 17 heavy (non-hydrogen) atoms. The third-order valence-corrected chi connectivity index (χ3v) is 3.10. The molecule has 0 atom stereocenters. The molecule has 0 bridgehead atoms. The lowest BCUT2D eigenvalue weighted by atomic mass is 9.81. The lowest BCUT2D eigenvalue weighted by Crippen LogP contribution is -2.55. The van der Waals surface area contributed by atoms with Crippen molar-refractivity contribution in [3.05, 3.63) is 12.2 Å². The van der Waals surface area contributed by atoms with E-state index in [2.05, 4.69) is 20.5 Å². The first-order valence-electron chi connectivity index (χ1n) is 5.55. The zero-order chi connectivity index (χ0) is 12.3. The molecule has 1 fully saturated rings. The lowest BCUT2D eigenvalue weighted by Gasteiger charge is -2.33. The van der Waals surface area contributed by atoms with Gasteiger partial charge in [0.25, 0.3) is 5.91 Å². The van der Waals surface area contributed by atoms with E-state index in [0.29, 0.717) is 12.8 Å². The van der Waals surface area contributed by atoms with Crippen molar-refractivity contribution >= 4 is 11.9 Å². The Labute approximate surface area is 97.6 Å². The Morgan fingerprint density at radius 2 is 2.06 bits per heavy atom. The fourth-order valence-corrected chi connectivity index (χ4v) is 2.14. The first kappa shape index (κ1) is 11.6. The predicted octanol–water partition coefficient (Wildman–Crippen LogP) is 0.322. The first-order valence-corrected chi connectivity index (χ1v) is 5.55. The second kappa shape index (κ2) is 4.52. The number of hydrogen-bond donors (Lipinski definition) is 3. The maximum Gasteiger partial charge on any atom is 0.329 e. The van der Waals surface area contributed by atoms with Crippen molar-refractivity contribution in [2.24, 2.45) is 0 Å². The largest absolute Gasteiger partial charge is 0.480 e. The van der Waals surface area contributed by atoms with Crippen molar-refractivity contribution in [3.8, 4) is 0 Å². The van der Waals surface area contributed by atoms with Gasteiger partial charge >= 0.3 is 5.97 Å². The van der Waals surface area contributed by atoms with Gasteiger partial charge in [-0.2, -0.15) is 5.10 Å². The molecule has 1 saturated carbocycles. The Kier molecular flexibility index (Phi) is 3.08. The summed E-state index contributed by atoms with van der Waals surface area (Å²) in [5.74, 6) is -1.46. The lowest BCUT2D eigenvalue weighted by molar-refractivity contribution is -0.145. The van der Waals surface area contributed by atoms with Gasteiger partial charge in [-0.3, -0.25) is 9.89 Å². The summed E-state index contributed by atoms with van der Waals surface area (Å²) in [5, 5.41) is 17.8. The molecular formula is C10H14N4O3. The summed E-state index contributed by atoms with van der Waals surface area (Å²) in [4.78, 5) is 26.8. The summed E-state index contributed by atoms with van der Waals surface area (Å²) >= 11 is 0. The van der Waals surface area contributed by atoms with Crippen LogP contribution in [0.1, 0.15) is 42.7 Å². The quantitative estimate of drug-likeness (QED) is 0.702. The summed E-state index contributed by atoms with van der Waals surface area (Å²) in [5.41, 5.74) is -1.15. The number of aromatic amines is 1. The fraction of sp³-hybridized carbons (Fsp3) is 0.600. The summed E-state index contributed by atoms with van der Waals surface area (Å²) in [6.07, 6.45) is 4.76. The standard InChI is InChI=1S/C10H14N4O3/c15-8(7-11-6-12-14-7)13-10(9(16)17)4-2-1-3-5-10/h6H,1-5H2,(H,13,15)(H,16,17)(H,11,12,14). The molecule has 0 radical (unpaired) electrons. The van der Waals surface area contributed by atoms with Crippen LogP contribution in [0.4, 0.5) is 0 Å². The molecule has 0 saturated heterocycles. The van der Waals surface area contributed by atoms with Gasteiger partial charge < -0.3 is 10.4 Å². The van der Waals surface area contributed by atoms with Crippen molar-refractivity contribution in [2.75, 3.05) is 0 Å². The molecule has 0 unspecified atom stereocenters. The number of carboxylic acid groups (broad SMARTS) is 1. The van der Waals surface area contributed by atoms with E-state index in [-0.39, 0.29) is 5.82 Å². The Morgan fingerprint density at radius 1 is 1.35 bits per heavy atom. The number of carboxylic acids is 1. The normalized spacial score (nSPS) is 18.6. The molecule has 1 amide bonds. The van der Waals surface area contributed by atoms with Crippen LogP contribution >= 0.6 is 0 Å². The van der Waals surface area contributed by atoms with Crippen LogP contribution in [0.25, 0.3) is 0 Å². The molecule has 1 aliphatic rings. The average Bonchev–Trinajstić information content (AvgIpc) is 2.83. The minimum absolute atomic E-state index is 0.0381. The van der Waals surface area contributed by atoms with E-state index in [0.717, 1.165) is 19.3 Å². The molecule has 0 aromatic carbocycles. The minimum Gasteiger partial charge on any atom is -0.480 e. The minimum atomic E-state index is -1.15. The molecule has 92 valence electrons. The molecule has 1 aliphatic carbocycles. The van der Waals surface area contributed by atoms with E-state index in [4.69, 9.17) is 0 Å². The Bertz CT molecular complexity index is 409. The first-order chi connectivity index (χ1) is 8.14. The number of rotatable bonds is 3. The second-order valence-electron chi connectivity index (χ2n) is 4.24. The van der Waals surface area contributed by atoms with E-state index < -0.39 is 17.4 Å². The zero-order valence-electron chi connectivity index (χ0n) is 9.27. The van der Waals surface area contributed by atoms with Crippen LogP contribution in [0.15, 0.2) is 6.33 Å². The highest BCUT2D eigenvalue weighted by atomic mass is 16.4. The zero-order valence-corrected chi connectivity index (χ0v) is 9.27. The Morgan fingerprint density at radius 3 is 2.59 bits per heavy atom. The number of carbonyl (C=O) groups is 2. The van der Waals surface area contributed by atoms with Gasteiger partial charge in [-0.1, -0.05) is 19.3 Å². The number of nitrogens with zero attached hydrogens (tertiary/aromatic N) is 2. The number of nitrogens with one attached hydrogen (secondary N) is 2. The summed E-state index contributed by atoms with van der Waals surface area (Å²) in [6.45, 7) is 0. The van der Waals surface area contributed by atoms with Gasteiger partial charge in [-0.15, -0.1) is 0 Å². The number of carbonyl (C=O) groups excluding carboxylic acids is 1. The number of H-pyrrole nitrogens is 1. The van der Waals surface area contributed by atoms with E-state index in [9.17, 15) is 14.7 Å². The van der Waals surface area contributed by atoms with Crippen LogP contribution in [0.2, 0.25) is 0 Å². The van der Waals surface area contributed by atoms with Crippen LogP contribution in [-0.2, 0) is 4.79 Å².